The van der Waals surface area contributed by atoms with Crippen molar-refractivity contribution < 1.29 is 9.84 Å². The van der Waals surface area contributed by atoms with E-state index in [2.05, 4.69) is 5.32 Å². The number of anilines is 1. The molecular formula is C14H21NO2. The molecule has 17 heavy (non-hydrogen) atoms. The zero-order valence-corrected chi connectivity index (χ0v) is 10.4. The highest BCUT2D eigenvalue weighted by molar-refractivity contribution is 5.56. The Balaban J connectivity index is 2.07. The van der Waals surface area contributed by atoms with Gasteiger partial charge in [-0.25, -0.2) is 0 Å². The van der Waals surface area contributed by atoms with Gasteiger partial charge in [0.15, 0.2) is 0 Å². The fourth-order valence-electron chi connectivity index (χ4n) is 2.42. The minimum absolute atomic E-state index is 0.147. The number of hydrogen-bond acceptors (Lipinski definition) is 3. The van der Waals surface area contributed by atoms with E-state index in [0.717, 1.165) is 30.7 Å². The summed E-state index contributed by atoms with van der Waals surface area (Å²) in [7, 11) is 1.67. The van der Waals surface area contributed by atoms with Crippen LogP contribution in [0.3, 0.4) is 0 Å². The van der Waals surface area contributed by atoms with Crippen LogP contribution in [-0.2, 0) is 0 Å². The van der Waals surface area contributed by atoms with Crippen molar-refractivity contribution in [3.8, 4) is 5.75 Å². The van der Waals surface area contributed by atoms with Gasteiger partial charge in [-0.05, 0) is 25.0 Å². The summed E-state index contributed by atoms with van der Waals surface area (Å²) in [5, 5.41) is 13.5. The predicted octanol–water partition coefficient (Wildman–Crippen LogP) is 2.80. The number of para-hydroxylation sites is 2. The number of ether oxygens (including phenoxy) is 1. The maximum atomic E-state index is 10.1. The number of nitrogens with one attached hydrogen (secondary N) is 1. The van der Waals surface area contributed by atoms with Crippen LogP contribution in [0.1, 0.15) is 32.1 Å². The van der Waals surface area contributed by atoms with Gasteiger partial charge in [-0.1, -0.05) is 31.4 Å². The number of hydrogen-bond donors (Lipinski definition) is 2. The summed E-state index contributed by atoms with van der Waals surface area (Å²) < 4.78 is 5.31. The Kier molecular flexibility index (Phi) is 4.26. The fourth-order valence-corrected chi connectivity index (χ4v) is 2.42. The average Bonchev–Trinajstić information content (AvgIpc) is 2.56. The van der Waals surface area contributed by atoms with Crippen LogP contribution in [0, 0.1) is 0 Å². The van der Waals surface area contributed by atoms with E-state index in [1.54, 1.807) is 7.11 Å². The van der Waals surface area contributed by atoms with Gasteiger partial charge < -0.3 is 15.2 Å². The van der Waals surface area contributed by atoms with E-state index in [4.69, 9.17) is 4.74 Å². The first-order valence-electron chi connectivity index (χ1n) is 6.39. The van der Waals surface area contributed by atoms with E-state index < -0.39 is 0 Å². The van der Waals surface area contributed by atoms with Crippen LogP contribution in [-0.4, -0.2) is 24.4 Å². The first kappa shape index (κ1) is 12.2. The zero-order valence-electron chi connectivity index (χ0n) is 10.4. The van der Waals surface area contributed by atoms with Gasteiger partial charge in [0.2, 0.25) is 0 Å². The van der Waals surface area contributed by atoms with Crippen molar-refractivity contribution in [2.75, 3.05) is 12.4 Å². The third-order valence-corrected chi connectivity index (χ3v) is 3.43. The number of rotatable bonds is 3. The molecule has 94 valence electrons. The minimum Gasteiger partial charge on any atom is -0.495 e. The highest BCUT2D eigenvalue weighted by Gasteiger charge is 2.22. The van der Waals surface area contributed by atoms with Crippen LogP contribution >= 0.6 is 0 Å². The van der Waals surface area contributed by atoms with E-state index in [9.17, 15) is 5.11 Å². The maximum Gasteiger partial charge on any atom is 0.141 e. The minimum atomic E-state index is -0.248. The molecule has 0 amide bonds. The average molecular weight is 235 g/mol. The zero-order chi connectivity index (χ0) is 12.1. The Morgan fingerprint density at radius 1 is 1.18 bits per heavy atom. The molecule has 0 saturated heterocycles. The van der Waals surface area contributed by atoms with Gasteiger partial charge in [-0.2, -0.15) is 0 Å². The van der Waals surface area contributed by atoms with Crippen LogP contribution in [0.4, 0.5) is 5.69 Å². The molecule has 1 saturated carbocycles. The van der Waals surface area contributed by atoms with Crippen molar-refractivity contribution in [2.24, 2.45) is 0 Å². The van der Waals surface area contributed by atoms with Crippen LogP contribution in [0.2, 0.25) is 0 Å². The Labute approximate surface area is 103 Å². The quantitative estimate of drug-likeness (QED) is 0.792. The summed E-state index contributed by atoms with van der Waals surface area (Å²) in [6, 6.07) is 8.01. The molecule has 1 aromatic rings. The second-order valence-corrected chi connectivity index (χ2v) is 4.66. The van der Waals surface area contributed by atoms with Crippen molar-refractivity contribution in [3.05, 3.63) is 24.3 Å². The molecular weight excluding hydrogens is 214 g/mol. The van der Waals surface area contributed by atoms with Crippen LogP contribution in [0.15, 0.2) is 24.3 Å². The SMILES string of the molecule is COc1ccccc1NC1CCCCCC1O. The summed E-state index contributed by atoms with van der Waals surface area (Å²) in [5.74, 6) is 0.837. The van der Waals surface area contributed by atoms with E-state index in [-0.39, 0.29) is 12.1 Å². The summed E-state index contributed by atoms with van der Waals surface area (Å²) in [5.41, 5.74) is 0.973. The largest absolute Gasteiger partial charge is 0.495 e. The van der Waals surface area contributed by atoms with Crippen LogP contribution < -0.4 is 10.1 Å². The Hall–Kier alpha value is -1.22. The van der Waals surface area contributed by atoms with Gasteiger partial charge in [0.05, 0.1) is 24.9 Å². The first-order chi connectivity index (χ1) is 8.31. The van der Waals surface area contributed by atoms with Crippen molar-refractivity contribution in [2.45, 2.75) is 44.2 Å². The lowest BCUT2D eigenvalue weighted by Gasteiger charge is -2.23. The number of methoxy groups -OCH3 is 1. The van der Waals surface area contributed by atoms with Crippen molar-refractivity contribution in [3.63, 3.8) is 0 Å². The molecule has 2 rings (SSSR count). The Morgan fingerprint density at radius 2 is 1.94 bits per heavy atom. The molecule has 3 heteroatoms. The highest BCUT2D eigenvalue weighted by atomic mass is 16.5. The summed E-state index contributed by atoms with van der Waals surface area (Å²) in [4.78, 5) is 0. The lowest BCUT2D eigenvalue weighted by Crippen LogP contribution is -2.32. The summed E-state index contributed by atoms with van der Waals surface area (Å²) >= 11 is 0. The van der Waals surface area contributed by atoms with E-state index >= 15 is 0 Å². The molecule has 0 spiro atoms. The maximum absolute atomic E-state index is 10.1. The van der Waals surface area contributed by atoms with Gasteiger partial charge in [-0.3, -0.25) is 0 Å². The summed E-state index contributed by atoms with van der Waals surface area (Å²) in [6.07, 6.45) is 5.21. The molecule has 0 radical (unpaired) electrons. The molecule has 0 heterocycles. The number of aliphatic hydroxyl groups is 1. The monoisotopic (exact) mass is 235 g/mol. The van der Waals surface area contributed by atoms with Crippen LogP contribution in [0.5, 0.6) is 5.75 Å². The number of aliphatic hydroxyl groups excluding tert-OH is 1. The van der Waals surface area contributed by atoms with Gasteiger partial charge in [-0.15, -0.1) is 0 Å². The third-order valence-electron chi connectivity index (χ3n) is 3.43. The summed E-state index contributed by atoms with van der Waals surface area (Å²) in [6.45, 7) is 0. The Bertz CT molecular complexity index is 354. The molecule has 3 nitrogen and oxygen atoms in total. The van der Waals surface area contributed by atoms with E-state index in [1.165, 1.54) is 12.8 Å². The third kappa shape index (κ3) is 3.13. The molecule has 2 unspecified atom stereocenters. The second kappa shape index (κ2) is 5.92. The highest BCUT2D eigenvalue weighted by Crippen LogP contribution is 2.27. The van der Waals surface area contributed by atoms with Crippen molar-refractivity contribution >= 4 is 5.69 Å². The number of benzene rings is 1. The Morgan fingerprint density at radius 3 is 2.76 bits per heavy atom. The molecule has 2 atom stereocenters. The van der Waals surface area contributed by atoms with Gasteiger partial charge in [0, 0.05) is 0 Å². The standard InChI is InChI=1S/C14H21NO2/c1-17-14-10-6-5-8-12(14)15-11-7-3-2-4-9-13(11)16/h5-6,8,10-11,13,15-16H,2-4,7,9H2,1H3. The van der Waals surface area contributed by atoms with E-state index in [0.29, 0.717) is 0 Å². The van der Waals surface area contributed by atoms with Crippen molar-refractivity contribution in [1.82, 2.24) is 0 Å². The van der Waals surface area contributed by atoms with Gasteiger partial charge in [0.1, 0.15) is 5.75 Å². The van der Waals surface area contributed by atoms with Gasteiger partial charge in [0.25, 0.3) is 0 Å². The lowest BCUT2D eigenvalue weighted by atomic mass is 10.1. The van der Waals surface area contributed by atoms with E-state index in [1.807, 2.05) is 24.3 Å². The molecule has 1 fully saturated rings. The molecule has 1 aliphatic carbocycles. The fraction of sp³-hybridized carbons (Fsp3) is 0.571. The molecule has 0 aromatic heterocycles. The molecule has 0 aliphatic heterocycles. The predicted molar refractivity (Wildman–Crippen MR) is 69.5 cm³/mol. The second-order valence-electron chi connectivity index (χ2n) is 4.66. The van der Waals surface area contributed by atoms with Gasteiger partial charge >= 0.3 is 0 Å². The smallest absolute Gasteiger partial charge is 0.141 e. The normalized spacial score (nSPS) is 25.1. The topological polar surface area (TPSA) is 41.5 Å². The van der Waals surface area contributed by atoms with Crippen LogP contribution in [0.25, 0.3) is 0 Å². The molecule has 1 aromatic carbocycles. The molecule has 2 N–H and O–H groups in total. The molecule has 0 bridgehead atoms. The first-order valence-corrected chi connectivity index (χ1v) is 6.39. The molecule has 1 aliphatic rings. The van der Waals surface area contributed by atoms with Crippen molar-refractivity contribution in [1.29, 1.82) is 0 Å². The lowest BCUT2D eigenvalue weighted by molar-refractivity contribution is 0.144.